The van der Waals surface area contributed by atoms with Crippen molar-refractivity contribution in [3.8, 4) is 0 Å². The number of aromatic carboxylic acids is 1. The van der Waals surface area contributed by atoms with E-state index in [-0.39, 0.29) is 52.7 Å². The molecule has 0 saturated heterocycles. The van der Waals surface area contributed by atoms with E-state index in [0.29, 0.717) is 32.4 Å². The quantitative estimate of drug-likeness (QED) is 0.141. The fraction of sp³-hybridized carbons (Fsp3) is 0.438. The number of anilines is 1. The van der Waals surface area contributed by atoms with Crippen molar-refractivity contribution in [2.45, 2.75) is 64.2 Å². The van der Waals surface area contributed by atoms with Gasteiger partial charge in [0.2, 0.25) is 5.69 Å². The van der Waals surface area contributed by atoms with Gasteiger partial charge in [-0.2, -0.15) is 13.0 Å². The second kappa shape index (κ2) is 14.2. The van der Waals surface area contributed by atoms with Crippen molar-refractivity contribution in [2.24, 2.45) is 0 Å². The Kier molecular flexibility index (Phi) is 11.7. The second-order valence-corrected chi connectivity index (χ2v) is 15.5. The number of carboxylic acids is 1. The van der Waals surface area contributed by atoms with Crippen LogP contribution in [0.25, 0.3) is 0 Å². The molecule has 13 heteroatoms. The zero-order valence-corrected chi connectivity index (χ0v) is 30.1. The van der Waals surface area contributed by atoms with Crippen molar-refractivity contribution >= 4 is 43.3 Å². The molecule has 2 heterocycles. The zero-order chi connectivity index (χ0) is 32.5. The molecule has 2 aromatic rings. The molecule has 0 unspecified atom stereocenters. The maximum Gasteiger partial charge on any atom is 1.00 e. The van der Waals surface area contributed by atoms with Crippen LogP contribution >= 0.6 is 0 Å². The monoisotopic (exact) mass is 667 g/mol. The third-order valence-electron chi connectivity index (χ3n) is 8.51. The van der Waals surface area contributed by atoms with Crippen LogP contribution in [-0.4, -0.2) is 71.9 Å². The minimum atomic E-state index is -4.32. The van der Waals surface area contributed by atoms with Crippen molar-refractivity contribution in [1.82, 2.24) is 0 Å². The van der Waals surface area contributed by atoms with E-state index in [1.165, 1.54) is 0 Å². The van der Waals surface area contributed by atoms with E-state index in [0.717, 1.165) is 33.9 Å². The minimum absolute atomic E-state index is 0. The van der Waals surface area contributed by atoms with E-state index < -0.39 is 37.4 Å². The van der Waals surface area contributed by atoms with Gasteiger partial charge in [-0.15, -0.1) is 0 Å². The maximum atomic E-state index is 11.8. The van der Waals surface area contributed by atoms with Crippen LogP contribution in [0.1, 0.15) is 74.9 Å². The molecule has 0 fully saturated rings. The number of para-hydroxylation sites is 1. The number of unbranched alkanes of at least 4 members (excludes halogenated alkanes) is 2. The van der Waals surface area contributed by atoms with Crippen LogP contribution < -0.4 is 34.5 Å². The van der Waals surface area contributed by atoms with Gasteiger partial charge in [0.25, 0.3) is 10.1 Å². The normalized spacial score (nSPS) is 17.9. The molecule has 0 aromatic heterocycles. The Morgan fingerprint density at radius 3 is 2.24 bits per heavy atom. The first-order chi connectivity index (χ1) is 20.4. The van der Waals surface area contributed by atoms with E-state index in [2.05, 4.69) is 29.4 Å². The number of hydrogen-bond acceptors (Lipinski definition) is 7. The number of nitrogens with zero attached hydrogens (tertiary/aromatic N) is 2. The van der Waals surface area contributed by atoms with Crippen molar-refractivity contribution < 1.29 is 70.0 Å². The van der Waals surface area contributed by atoms with Crippen LogP contribution in [0.3, 0.4) is 0 Å². The van der Waals surface area contributed by atoms with E-state index in [1.807, 2.05) is 50.3 Å². The number of hydrogen-bond donors (Lipinski definition) is 2. The first-order valence-corrected chi connectivity index (χ1v) is 17.8. The average Bonchev–Trinajstić information content (AvgIpc) is 3.26. The molecule has 45 heavy (non-hydrogen) atoms. The fourth-order valence-electron chi connectivity index (χ4n) is 6.26. The molecular weight excluding hydrogens is 627 g/mol. The summed E-state index contributed by atoms with van der Waals surface area (Å²) in [5.74, 6) is -1.76. The van der Waals surface area contributed by atoms with Crippen molar-refractivity contribution in [3.05, 3.63) is 83.1 Å². The summed E-state index contributed by atoms with van der Waals surface area (Å²) in [6.07, 6.45) is 7.55. The number of carbonyl (C=O) groups is 1. The van der Waals surface area contributed by atoms with Gasteiger partial charge in [0.1, 0.15) is 6.54 Å². The molecule has 0 radical (unpaired) electrons. The van der Waals surface area contributed by atoms with E-state index >= 15 is 0 Å². The van der Waals surface area contributed by atoms with Crippen LogP contribution in [0.5, 0.6) is 0 Å². The molecule has 2 aliphatic rings. The number of allylic oxidation sites excluding steroid dienone is 4. The number of carboxylic acid groups (broad SMARTS) is 1. The molecule has 2 N–H and O–H groups in total. The molecule has 4 rings (SSSR count). The summed E-state index contributed by atoms with van der Waals surface area (Å²) < 4.78 is 67.3. The second-order valence-electron chi connectivity index (χ2n) is 12.4. The van der Waals surface area contributed by atoms with Gasteiger partial charge in [-0.25, -0.2) is 13.2 Å². The molecule has 0 bridgehead atoms. The molecule has 238 valence electrons. The maximum absolute atomic E-state index is 11.8. The predicted octanol–water partition coefficient (Wildman–Crippen LogP) is 2.00. The van der Waals surface area contributed by atoms with Gasteiger partial charge >= 0.3 is 35.5 Å². The predicted molar refractivity (Wildman–Crippen MR) is 170 cm³/mol. The van der Waals surface area contributed by atoms with Gasteiger partial charge in [-0.05, 0) is 62.9 Å². The largest absolute Gasteiger partial charge is 1.00 e. The summed E-state index contributed by atoms with van der Waals surface area (Å²) in [6, 6.07) is 13.1. The molecule has 2 aromatic carbocycles. The minimum Gasteiger partial charge on any atom is -0.748 e. The molecule has 0 aliphatic carbocycles. The summed E-state index contributed by atoms with van der Waals surface area (Å²) in [4.78, 5) is 13.8. The molecular formula is C32H40N2NaO8S2+. The third kappa shape index (κ3) is 8.54. The van der Waals surface area contributed by atoms with Crippen LogP contribution in [0.15, 0.2) is 66.4 Å². The fourth-order valence-corrected chi connectivity index (χ4v) is 7.39. The Balaban J connectivity index is 0.00000552. The molecule has 2 aliphatic heterocycles. The topological polar surface area (TPSA) is 155 Å². The smallest absolute Gasteiger partial charge is 0.748 e. The Hall–Kier alpha value is -2.32. The van der Waals surface area contributed by atoms with E-state index in [4.69, 9.17) is 4.55 Å². The number of benzene rings is 2. The van der Waals surface area contributed by atoms with Crippen molar-refractivity contribution in [2.75, 3.05) is 29.5 Å². The molecule has 0 saturated carbocycles. The summed E-state index contributed by atoms with van der Waals surface area (Å²) in [6.45, 7) is 9.32. The van der Waals surface area contributed by atoms with Gasteiger partial charge < -0.3 is 14.6 Å². The zero-order valence-electron chi connectivity index (χ0n) is 26.5. The van der Waals surface area contributed by atoms with Crippen molar-refractivity contribution in [3.63, 3.8) is 0 Å². The summed E-state index contributed by atoms with van der Waals surface area (Å²) in [7, 11) is -8.35. The molecule has 0 amide bonds. The summed E-state index contributed by atoms with van der Waals surface area (Å²) in [5, 5.41) is 9.62. The average molecular weight is 668 g/mol. The van der Waals surface area contributed by atoms with Gasteiger partial charge in [0.15, 0.2) is 5.71 Å². The first-order valence-electron chi connectivity index (χ1n) is 14.6. The van der Waals surface area contributed by atoms with Gasteiger partial charge in [0.05, 0.1) is 26.8 Å². The molecule has 0 atom stereocenters. The Labute approximate surface area is 288 Å². The van der Waals surface area contributed by atoms with E-state index in [1.54, 1.807) is 18.2 Å². The summed E-state index contributed by atoms with van der Waals surface area (Å²) in [5.41, 5.74) is 5.07. The number of fused-ring (bicyclic) bond motifs is 2. The Bertz CT molecular complexity index is 1760. The van der Waals surface area contributed by atoms with Crippen LogP contribution in [0, 0.1) is 0 Å². The van der Waals surface area contributed by atoms with Crippen LogP contribution in [0.2, 0.25) is 0 Å². The Morgan fingerprint density at radius 2 is 1.60 bits per heavy atom. The molecule has 10 nitrogen and oxygen atoms in total. The van der Waals surface area contributed by atoms with Gasteiger partial charge in [-0.1, -0.05) is 38.1 Å². The SMILES string of the molecule is CC1(C)C(=CC=CC2=[N+](CCCCS(=O)(=O)O)c3ccccc3C2(C)C)N(CCCCS(=O)(=O)[O-])c2ccc(C(=O)O)cc21.[Na+]. The van der Waals surface area contributed by atoms with E-state index in [9.17, 15) is 31.3 Å². The Morgan fingerprint density at radius 1 is 0.933 bits per heavy atom. The third-order valence-corrected chi connectivity index (χ3v) is 10.1. The number of rotatable bonds is 13. The van der Waals surface area contributed by atoms with Gasteiger partial charge in [-0.3, -0.25) is 4.55 Å². The molecule has 0 spiro atoms. The summed E-state index contributed by atoms with van der Waals surface area (Å²) >= 11 is 0. The van der Waals surface area contributed by atoms with Gasteiger partial charge in [0, 0.05) is 53.2 Å². The van der Waals surface area contributed by atoms with Crippen LogP contribution in [0.4, 0.5) is 11.4 Å². The standard InChI is InChI=1S/C32H40N2O8S2.Na/c1-31(2)24-12-5-6-13-26(24)33(18-7-9-20-43(37,38)39)28(31)14-11-15-29-32(3,4)25-22-23(30(35)36)16-17-27(25)34(29)19-8-10-21-44(40,41)42;/h5-6,11-17,22H,7-10,18-21H2,1-4H3,(H2-,35,36,37,38,39,40,41,42);/q;+1. The first kappa shape index (κ1) is 37.1. The van der Waals surface area contributed by atoms with Crippen molar-refractivity contribution in [1.29, 1.82) is 0 Å². The van der Waals surface area contributed by atoms with Crippen LogP contribution in [-0.2, 0) is 31.1 Å².